The van der Waals surface area contributed by atoms with E-state index in [1.807, 2.05) is 65.7 Å². The topological polar surface area (TPSA) is 169 Å². The maximum absolute atomic E-state index is 14.4. The molecule has 0 saturated carbocycles. The van der Waals surface area contributed by atoms with E-state index in [1.165, 1.54) is 30.5 Å². The van der Waals surface area contributed by atoms with Gasteiger partial charge in [0.05, 0.1) is 74.1 Å². The van der Waals surface area contributed by atoms with Crippen LogP contribution in [0.3, 0.4) is 0 Å². The van der Waals surface area contributed by atoms with Crippen molar-refractivity contribution < 1.29 is 36.5 Å². The molecule has 2 atom stereocenters. The number of ether oxygens (including phenoxy) is 4. The molecule has 21 heteroatoms. The van der Waals surface area contributed by atoms with Crippen molar-refractivity contribution in [2.75, 3.05) is 62.4 Å². The number of hydrogen-bond donors (Lipinski definition) is 2. The summed E-state index contributed by atoms with van der Waals surface area (Å²) in [6, 6.07) is 17.3. The van der Waals surface area contributed by atoms with Gasteiger partial charge in [0.15, 0.2) is 23.1 Å². The fourth-order valence-electron chi connectivity index (χ4n) is 7.58. The average molecular weight is 965 g/mol. The first-order chi connectivity index (χ1) is 33.2. The van der Waals surface area contributed by atoms with Crippen LogP contribution in [0.25, 0.3) is 11.4 Å². The molecular formula is C48H45ClF4N12O4. The van der Waals surface area contributed by atoms with Crippen molar-refractivity contribution in [2.45, 2.75) is 25.9 Å². The number of methoxy groups -OCH3 is 2. The number of hydrogen-bond acceptors (Lipinski definition) is 14. The van der Waals surface area contributed by atoms with Crippen LogP contribution in [-0.4, -0.2) is 80.6 Å². The first kappa shape index (κ1) is 47.4. The molecule has 6 heterocycles. The Morgan fingerprint density at radius 1 is 0.652 bits per heavy atom. The van der Waals surface area contributed by atoms with Crippen LogP contribution < -0.4 is 39.8 Å². The Morgan fingerprint density at radius 3 is 1.67 bits per heavy atom. The molecule has 4 aromatic carbocycles. The molecule has 16 nitrogen and oxygen atoms in total. The number of nitrogens with two attached hydrogens (primary N) is 1. The van der Waals surface area contributed by atoms with Crippen molar-refractivity contribution in [3.05, 3.63) is 161 Å². The molecular weight excluding hydrogens is 920 g/mol. The van der Waals surface area contributed by atoms with Crippen molar-refractivity contribution in [1.29, 1.82) is 0 Å². The lowest BCUT2D eigenvalue weighted by Gasteiger charge is -2.35. The normalized spacial score (nSPS) is 14.7. The van der Waals surface area contributed by atoms with E-state index in [9.17, 15) is 17.6 Å². The van der Waals surface area contributed by atoms with E-state index in [-0.39, 0.29) is 18.5 Å². The number of nitrogen functional groups attached to an aromatic ring is 1. The molecule has 0 saturated heterocycles. The van der Waals surface area contributed by atoms with Crippen molar-refractivity contribution in [3.63, 3.8) is 0 Å². The van der Waals surface area contributed by atoms with Gasteiger partial charge < -0.3 is 48.9 Å². The van der Waals surface area contributed by atoms with Crippen molar-refractivity contribution in [3.8, 4) is 34.4 Å². The Hall–Kier alpha value is -8.13. The van der Waals surface area contributed by atoms with Gasteiger partial charge in [0, 0.05) is 73.3 Å². The third kappa shape index (κ3) is 10.5. The molecule has 356 valence electrons. The van der Waals surface area contributed by atoms with Gasteiger partial charge in [-0.1, -0.05) is 12.1 Å². The Labute approximate surface area is 398 Å². The number of fused-ring (bicyclic) bond motifs is 2. The summed E-state index contributed by atoms with van der Waals surface area (Å²) in [5.74, 6) is 1.18. The van der Waals surface area contributed by atoms with Crippen LogP contribution in [0.4, 0.5) is 46.5 Å². The molecule has 0 fully saturated rings. The highest BCUT2D eigenvalue weighted by molar-refractivity contribution is 6.28. The summed E-state index contributed by atoms with van der Waals surface area (Å²) >= 11 is 5.76. The largest absolute Gasteiger partial charge is 0.494 e. The summed E-state index contributed by atoms with van der Waals surface area (Å²) in [7, 11) is 6.76. The Kier molecular flexibility index (Phi) is 14.0. The highest BCUT2D eigenvalue weighted by atomic mass is 35.5. The first-order valence-corrected chi connectivity index (χ1v) is 21.5. The molecule has 4 aromatic heterocycles. The number of benzene rings is 4. The minimum atomic E-state index is -0.628. The van der Waals surface area contributed by atoms with E-state index in [2.05, 4.69) is 35.2 Å². The number of anilines is 5. The predicted molar refractivity (Wildman–Crippen MR) is 252 cm³/mol. The molecule has 69 heavy (non-hydrogen) atoms. The Bertz CT molecular complexity index is 3120. The molecule has 0 bridgehead atoms. The lowest BCUT2D eigenvalue weighted by Crippen LogP contribution is -2.35. The van der Waals surface area contributed by atoms with Crippen LogP contribution in [0.2, 0.25) is 5.28 Å². The monoisotopic (exact) mass is 964 g/mol. The van der Waals surface area contributed by atoms with E-state index in [1.54, 1.807) is 63.0 Å². The summed E-state index contributed by atoms with van der Waals surface area (Å²) in [6.07, 6.45) is 10.4. The fourth-order valence-corrected chi connectivity index (χ4v) is 7.71. The molecule has 2 aliphatic heterocycles. The molecule has 0 amide bonds. The van der Waals surface area contributed by atoms with Crippen LogP contribution in [-0.2, 0) is 0 Å². The lowest BCUT2D eigenvalue weighted by atomic mass is 10.0. The molecule has 0 spiro atoms. The van der Waals surface area contributed by atoms with Crippen LogP contribution in [0.5, 0.6) is 23.0 Å². The number of imidazole rings is 2. The maximum atomic E-state index is 14.4. The highest BCUT2D eigenvalue weighted by Crippen LogP contribution is 2.40. The second-order valence-corrected chi connectivity index (χ2v) is 16.0. The predicted octanol–water partition coefficient (Wildman–Crippen LogP) is 9.32. The zero-order valence-electron chi connectivity index (χ0n) is 38.0. The van der Waals surface area contributed by atoms with Gasteiger partial charge >= 0.3 is 0 Å². The molecule has 10 rings (SSSR count). The number of aryl methyl sites for hydroxylation is 2. The quantitative estimate of drug-likeness (QED) is 0.0840. The minimum Gasteiger partial charge on any atom is -0.494 e. The molecule has 0 radical (unpaired) electrons. The molecule has 0 aliphatic carbocycles. The first-order valence-electron chi connectivity index (χ1n) is 21.1. The third-order valence-electron chi connectivity index (χ3n) is 11.1. The van der Waals surface area contributed by atoms with Gasteiger partial charge in [0.25, 0.3) is 0 Å². The number of likely N-dealkylation sites (N-methyl/N-ethyl adjacent to an activating group) is 2. The smallest absolute Gasteiger partial charge is 0.229 e. The van der Waals surface area contributed by atoms with Crippen LogP contribution in [0.15, 0.2) is 110 Å². The molecule has 3 N–H and O–H groups in total. The van der Waals surface area contributed by atoms with E-state index in [4.69, 9.17) is 36.3 Å². The van der Waals surface area contributed by atoms with E-state index < -0.39 is 35.4 Å². The zero-order chi connectivity index (χ0) is 48.9. The van der Waals surface area contributed by atoms with E-state index in [0.717, 1.165) is 46.3 Å². The highest BCUT2D eigenvalue weighted by Gasteiger charge is 2.31. The lowest BCUT2D eigenvalue weighted by molar-refractivity contribution is 0.262. The van der Waals surface area contributed by atoms with E-state index in [0.29, 0.717) is 51.6 Å². The molecule has 2 aliphatic rings. The van der Waals surface area contributed by atoms with Crippen LogP contribution in [0, 0.1) is 37.1 Å². The number of nitrogens with zero attached hydrogens (tertiary/aromatic N) is 10. The maximum Gasteiger partial charge on any atom is 0.229 e. The van der Waals surface area contributed by atoms with E-state index >= 15 is 0 Å². The number of halogens is 5. The summed E-state index contributed by atoms with van der Waals surface area (Å²) in [5.41, 5.74) is 11.4. The number of rotatable bonds is 8. The molecule has 8 aromatic rings. The van der Waals surface area contributed by atoms with Crippen LogP contribution in [0.1, 0.15) is 34.6 Å². The van der Waals surface area contributed by atoms with Crippen molar-refractivity contribution in [2.24, 2.45) is 0 Å². The van der Waals surface area contributed by atoms with Gasteiger partial charge in [0.1, 0.15) is 48.0 Å². The number of nitrogens with one attached hydrogen (secondary N) is 1. The number of aromatic nitrogens is 8. The Morgan fingerprint density at radius 2 is 1.16 bits per heavy atom. The summed E-state index contributed by atoms with van der Waals surface area (Å²) in [5, 5.41) is 3.26. The van der Waals surface area contributed by atoms with Gasteiger partial charge in [-0.3, -0.25) is 0 Å². The second kappa shape index (κ2) is 20.4. The van der Waals surface area contributed by atoms with Gasteiger partial charge in [-0.15, -0.1) is 0 Å². The minimum absolute atomic E-state index is 0.0828. The summed E-state index contributed by atoms with van der Waals surface area (Å²) in [4.78, 5) is 28.8. The SMILES string of the molecule is CN1c2nc(Cl)ncc2OCC1c1ccc(F)cc1F.COc1cc(N)ccc1-n1cnc(C)c1.COc1cc(Nc2ncc3c(n2)N(C)C(c2ccc(F)cc2F)CO3)ccc1-n1cnc(C)c1. The van der Waals surface area contributed by atoms with Gasteiger partial charge in [-0.25, -0.2) is 37.5 Å². The van der Waals surface area contributed by atoms with Gasteiger partial charge in [-0.05, 0) is 61.8 Å². The average Bonchev–Trinajstić information content (AvgIpc) is 3.98. The zero-order valence-corrected chi connectivity index (χ0v) is 38.8. The summed E-state index contributed by atoms with van der Waals surface area (Å²) < 4.78 is 80.5. The molecule has 2 unspecified atom stereocenters. The third-order valence-corrected chi connectivity index (χ3v) is 11.3. The second-order valence-electron chi connectivity index (χ2n) is 15.7. The van der Waals surface area contributed by atoms with Crippen molar-refractivity contribution >= 4 is 40.6 Å². The van der Waals surface area contributed by atoms with Gasteiger partial charge in [-0.2, -0.15) is 9.97 Å². The summed E-state index contributed by atoms with van der Waals surface area (Å²) in [6.45, 7) is 4.27. The Balaban J connectivity index is 0.000000155. The van der Waals surface area contributed by atoms with Crippen LogP contribution >= 0.6 is 11.6 Å². The van der Waals surface area contributed by atoms with Crippen molar-refractivity contribution in [1.82, 2.24) is 39.0 Å². The fraction of sp³-hybridized carbons (Fsp3) is 0.208. The standard InChI is InChI=1S/C24H22F2N6O2.C13H10ClF2N3O.C11H13N3O/c1-14-11-32(13-28-14)19-7-5-16(9-21(19)33-3)29-24-27-10-22-23(30-24)31(2)20(12-34-22)17-6-4-15(25)8-18(17)26;1-19-10(8-3-2-7(15)4-9(8)16)6-20-11-5-17-13(14)18-12(11)19;1-8-6-14(7-13-8)10-4-3-9(12)5-11(10)15-2/h4-11,13,20H,12H2,1-3H3,(H,27,29,30);2-5,10H,6H2,1H3;3-7H,12H2,1-2H3. The van der Waals surface area contributed by atoms with Gasteiger partial charge in [0.2, 0.25) is 11.2 Å².